The zero-order valence-corrected chi connectivity index (χ0v) is 11.2. The first-order valence-electron chi connectivity index (χ1n) is 5.63. The normalized spacial score (nSPS) is 14.1. The summed E-state index contributed by atoms with van der Waals surface area (Å²) >= 11 is 1.53. The molecule has 2 atom stereocenters. The fraction of sp³-hybridized carbons (Fsp3) is 0.636. The SMILES string of the molecule is CCC(NC(=O)N(C)C(C)CO)c1nccs1. The summed E-state index contributed by atoms with van der Waals surface area (Å²) in [5.41, 5.74) is 0. The van der Waals surface area contributed by atoms with Gasteiger partial charge in [-0.1, -0.05) is 6.92 Å². The van der Waals surface area contributed by atoms with E-state index in [0.717, 1.165) is 11.4 Å². The number of nitrogens with zero attached hydrogens (tertiary/aromatic N) is 2. The zero-order valence-electron chi connectivity index (χ0n) is 10.4. The van der Waals surface area contributed by atoms with E-state index >= 15 is 0 Å². The van der Waals surface area contributed by atoms with Crippen LogP contribution in [0.15, 0.2) is 11.6 Å². The monoisotopic (exact) mass is 257 g/mol. The Hall–Kier alpha value is -1.14. The molecule has 2 N–H and O–H groups in total. The number of aliphatic hydroxyl groups is 1. The fourth-order valence-electron chi connectivity index (χ4n) is 1.32. The molecule has 0 bridgehead atoms. The van der Waals surface area contributed by atoms with E-state index in [1.165, 1.54) is 16.2 Å². The molecule has 17 heavy (non-hydrogen) atoms. The summed E-state index contributed by atoms with van der Waals surface area (Å²) in [6.45, 7) is 3.75. The molecule has 0 aromatic carbocycles. The van der Waals surface area contributed by atoms with E-state index in [-0.39, 0.29) is 24.7 Å². The molecule has 1 rings (SSSR count). The molecule has 0 aliphatic heterocycles. The van der Waals surface area contributed by atoms with E-state index in [2.05, 4.69) is 10.3 Å². The molecular formula is C11H19N3O2S. The smallest absolute Gasteiger partial charge is 0.318 e. The highest BCUT2D eigenvalue weighted by Gasteiger charge is 2.20. The van der Waals surface area contributed by atoms with Crippen molar-refractivity contribution >= 4 is 17.4 Å². The van der Waals surface area contributed by atoms with Crippen LogP contribution in [0.1, 0.15) is 31.3 Å². The number of hydrogen-bond donors (Lipinski definition) is 2. The van der Waals surface area contributed by atoms with Gasteiger partial charge in [0.15, 0.2) is 0 Å². The van der Waals surface area contributed by atoms with Crippen molar-refractivity contribution < 1.29 is 9.90 Å². The number of thiazole rings is 1. The van der Waals surface area contributed by atoms with Gasteiger partial charge in [0, 0.05) is 18.6 Å². The molecule has 0 fully saturated rings. The number of aliphatic hydroxyl groups excluding tert-OH is 1. The predicted molar refractivity (Wildman–Crippen MR) is 68.0 cm³/mol. The van der Waals surface area contributed by atoms with Crippen molar-refractivity contribution in [1.29, 1.82) is 0 Å². The minimum Gasteiger partial charge on any atom is -0.394 e. The summed E-state index contributed by atoms with van der Waals surface area (Å²) in [4.78, 5) is 17.6. The van der Waals surface area contributed by atoms with Crippen LogP contribution in [-0.4, -0.2) is 40.7 Å². The Kier molecular flexibility index (Phi) is 5.37. The lowest BCUT2D eigenvalue weighted by atomic mass is 10.2. The number of likely N-dealkylation sites (N-methyl/N-ethyl adjacent to an activating group) is 1. The summed E-state index contributed by atoms with van der Waals surface area (Å²) in [5.74, 6) is 0. The van der Waals surface area contributed by atoms with Gasteiger partial charge >= 0.3 is 6.03 Å². The minimum atomic E-state index is -0.191. The molecule has 1 heterocycles. The highest BCUT2D eigenvalue weighted by atomic mass is 32.1. The summed E-state index contributed by atoms with van der Waals surface area (Å²) < 4.78 is 0. The van der Waals surface area contributed by atoms with Crippen LogP contribution in [-0.2, 0) is 0 Å². The third-order valence-corrected chi connectivity index (χ3v) is 3.59. The molecule has 0 aliphatic carbocycles. The second-order valence-corrected chi connectivity index (χ2v) is 4.85. The second-order valence-electron chi connectivity index (χ2n) is 3.92. The number of carbonyl (C=O) groups excluding carboxylic acids is 1. The van der Waals surface area contributed by atoms with Gasteiger partial charge in [-0.3, -0.25) is 0 Å². The molecule has 0 spiro atoms. The van der Waals surface area contributed by atoms with Gasteiger partial charge in [0.2, 0.25) is 0 Å². The van der Waals surface area contributed by atoms with E-state index in [9.17, 15) is 4.79 Å². The first-order chi connectivity index (χ1) is 8.10. The summed E-state index contributed by atoms with van der Waals surface area (Å²) in [6.07, 6.45) is 2.52. The second kappa shape index (κ2) is 6.56. The largest absolute Gasteiger partial charge is 0.394 e. The Morgan fingerprint density at radius 2 is 2.41 bits per heavy atom. The number of amides is 2. The Morgan fingerprint density at radius 3 is 2.88 bits per heavy atom. The lowest BCUT2D eigenvalue weighted by Gasteiger charge is -2.25. The van der Waals surface area contributed by atoms with Crippen molar-refractivity contribution in [3.63, 3.8) is 0 Å². The van der Waals surface area contributed by atoms with Crippen LogP contribution in [0.25, 0.3) is 0 Å². The first kappa shape index (κ1) is 13.9. The van der Waals surface area contributed by atoms with Gasteiger partial charge in [0.25, 0.3) is 0 Å². The number of hydrogen-bond acceptors (Lipinski definition) is 4. The van der Waals surface area contributed by atoms with Crippen LogP contribution < -0.4 is 5.32 Å². The number of rotatable bonds is 5. The van der Waals surface area contributed by atoms with Gasteiger partial charge in [0.1, 0.15) is 5.01 Å². The van der Waals surface area contributed by atoms with E-state index in [1.54, 1.807) is 20.2 Å². The van der Waals surface area contributed by atoms with Crippen molar-refractivity contribution in [2.75, 3.05) is 13.7 Å². The van der Waals surface area contributed by atoms with Crippen LogP contribution in [0.4, 0.5) is 4.79 Å². The number of aromatic nitrogens is 1. The van der Waals surface area contributed by atoms with E-state index in [4.69, 9.17) is 5.11 Å². The van der Waals surface area contributed by atoms with Crippen LogP contribution >= 0.6 is 11.3 Å². The predicted octanol–water partition coefficient (Wildman–Crippen LogP) is 1.62. The summed E-state index contributed by atoms with van der Waals surface area (Å²) in [6, 6.07) is -0.437. The quantitative estimate of drug-likeness (QED) is 0.842. The number of nitrogens with one attached hydrogen (secondary N) is 1. The molecule has 6 heteroatoms. The molecular weight excluding hydrogens is 238 g/mol. The van der Waals surface area contributed by atoms with Crippen LogP contribution in [0.5, 0.6) is 0 Å². The summed E-state index contributed by atoms with van der Waals surface area (Å²) in [5, 5.41) is 14.7. The van der Waals surface area contributed by atoms with Gasteiger partial charge in [-0.05, 0) is 13.3 Å². The van der Waals surface area contributed by atoms with Crippen LogP contribution in [0, 0.1) is 0 Å². The standard InChI is InChI=1S/C11H19N3O2S/c1-4-9(10-12-5-6-17-10)13-11(16)14(3)8(2)7-15/h5-6,8-9,15H,4,7H2,1-3H3,(H,13,16). The Bertz CT molecular complexity index is 342. The number of urea groups is 1. The maximum absolute atomic E-state index is 11.9. The van der Waals surface area contributed by atoms with Gasteiger partial charge in [-0.15, -0.1) is 11.3 Å². The van der Waals surface area contributed by atoms with Gasteiger partial charge in [-0.25, -0.2) is 9.78 Å². The maximum atomic E-state index is 11.9. The molecule has 5 nitrogen and oxygen atoms in total. The van der Waals surface area contributed by atoms with Crippen LogP contribution in [0.3, 0.4) is 0 Å². The summed E-state index contributed by atoms with van der Waals surface area (Å²) in [7, 11) is 1.67. The van der Waals surface area contributed by atoms with E-state index in [1.807, 2.05) is 12.3 Å². The Balaban J connectivity index is 2.60. The zero-order chi connectivity index (χ0) is 12.8. The average molecular weight is 257 g/mol. The molecule has 2 unspecified atom stereocenters. The van der Waals surface area contributed by atoms with E-state index < -0.39 is 0 Å². The minimum absolute atomic E-state index is 0.0437. The first-order valence-corrected chi connectivity index (χ1v) is 6.51. The molecule has 0 saturated heterocycles. The molecule has 2 amide bonds. The lowest BCUT2D eigenvalue weighted by molar-refractivity contribution is 0.154. The highest BCUT2D eigenvalue weighted by molar-refractivity contribution is 7.09. The van der Waals surface area contributed by atoms with Crippen molar-refractivity contribution in [2.45, 2.75) is 32.4 Å². The van der Waals surface area contributed by atoms with Gasteiger partial charge in [0.05, 0.1) is 18.7 Å². The van der Waals surface area contributed by atoms with Gasteiger partial charge in [-0.2, -0.15) is 0 Å². The van der Waals surface area contributed by atoms with Crippen molar-refractivity contribution in [1.82, 2.24) is 15.2 Å². The average Bonchev–Trinajstić information content (AvgIpc) is 2.87. The third kappa shape index (κ3) is 3.67. The molecule has 96 valence electrons. The molecule has 0 saturated carbocycles. The third-order valence-electron chi connectivity index (χ3n) is 2.70. The van der Waals surface area contributed by atoms with Crippen LogP contribution in [0.2, 0.25) is 0 Å². The lowest BCUT2D eigenvalue weighted by Crippen LogP contribution is -2.44. The maximum Gasteiger partial charge on any atom is 0.318 e. The Morgan fingerprint density at radius 1 is 1.71 bits per heavy atom. The molecule has 1 aromatic heterocycles. The van der Waals surface area contributed by atoms with Crippen molar-refractivity contribution in [3.05, 3.63) is 16.6 Å². The van der Waals surface area contributed by atoms with Gasteiger partial charge < -0.3 is 15.3 Å². The fourth-order valence-corrected chi connectivity index (χ4v) is 2.09. The topological polar surface area (TPSA) is 65.5 Å². The molecule has 1 aromatic rings. The molecule has 0 aliphatic rings. The van der Waals surface area contributed by atoms with Crippen molar-refractivity contribution in [3.8, 4) is 0 Å². The van der Waals surface area contributed by atoms with E-state index in [0.29, 0.717) is 0 Å². The molecule has 0 radical (unpaired) electrons. The Labute approximate surface area is 105 Å². The number of carbonyl (C=O) groups is 1. The van der Waals surface area contributed by atoms with Crippen molar-refractivity contribution in [2.24, 2.45) is 0 Å². The highest BCUT2D eigenvalue weighted by Crippen LogP contribution is 2.18.